The number of ether oxygens (including phenoxy) is 2. The fourth-order valence-electron chi connectivity index (χ4n) is 2.26. The Morgan fingerprint density at radius 3 is 2.73 bits per heavy atom. The van der Waals surface area contributed by atoms with Gasteiger partial charge in [-0.1, -0.05) is 0 Å². The Bertz CT molecular complexity index is 529. The van der Waals surface area contributed by atoms with Crippen molar-refractivity contribution in [3.63, 3.8) is 0 Å². The van der Waals surface area contributed by atoms with Gasteiger partial charge in [-0.15, -0.1) is 0 Å². The van der Waals surface area contributed by atoms with E-state index in [0.29, 0.717) is 38.4 Å². The van der Waals surface area contributed by atoms with Crippen LogP contribution in [0.2, 0.25) is 0 Å². The van der Waals surface area contributed by atoms with E-state index < -0.39 is 0 Å². The van der Waals surface area contributed by atoms with Gasteiger partial charge in [0.15, 0.2) is 0 Å². The second-order valence-electron chi connectivity index (χ2n) is 4.88. The number of hydrogen-bond acceptors (Lipinski definition) is 6. The minimum atomic E-state index is -0.298. The molecule has 0 saturated carbocycles. The number of likely N-dealkylation sites (tertiary alicyclic amines) is 1. The molecule has 0 aliphatic carbocycles. The second-order valence-corrected chi connectivity index (χ2v) is 4.88. The summed E-state index contributed by atoms with van der Waals surface area (Å²) in [7, 11) is 1.48. The van der Waals surface area contributed by atoms with E-state index in [2.05, 4.69) is 15.3 Å². The molecule has 1 fully saturated rings. The summed E-state index contributed by atoms with van der Waals surface area (Å²) in [5.74, 6) is 0.0764. The van der Waals surface area contributed by atoms with Crippen molar-refractivity contribution in [2.75, 3.05) is 26.8 Å². The molecule has 120 valence electrons. The number of methoxy groups -OCH3 is 1. The maximum atomic E-state index is 12.1. The zero-order valence-electron chi connectivity index (χ0n) is 12.7. The number of rotatable bonds is 4. The van der Waals surface area contributed by atoms with Crippen LogP contribution in [0.4, 0.5) is 4.79 Å². The molecule has 1 aromatic rings. The van der Waals surface area contributed by atoms with E-state index in [1.54, 1.807) is 11.8 Å². The molecule has 0 bridgehead atoms. The van der Waals surface area contributed by atoms with Crippen molar-refractivity contribution in [2.24, 2.45) is 0 Å². The highest BCUT2D eigenvalue weighted by Gasteiger charge is 2.25. The van der Waals surface area contributed by atoms with E-state index in [4.69, 9.17) is 9.47 Å². The second kappa shape index (κ2) is 7.58. The highest BCUT2D eigenvalue weighted by molar-refractivity contribution is 5.92. The zero-order valence-corrected chi connectivity index (χ0v) is 12.7. The summed E-state index contributed by atoms with van der Waals surface area (Å²) >= 11 is 0. The first kappa shape index (κ1) is 16.0. The number of nitrogens with one attached hydrogen (secondary N) is 1. The predicted octanol–water partition coefficient (Wildman–Crippen LogP) is 0.836. The molecule has 1 aliphatic rings. The van der Waals surface area contributed by atoms with Crippen LogP contribution in [-0.2, 0) is 4.74 Å². The first-order valence-electron chi connectivity index (χ1n) is 7.22. The number of aromatic nitrogens is 2. The summed E-state index contributed by atoms with van der Waals surface area (Å²) in [5.41, 5.74) is 0.264. The standard InChI is InChI=1S/C14H20N4O4/c1-3-22-14(20)18-6-4-10(5-7-18)17-13(19)11-8-12(21-2)16-9-15-11/h8-10H,3-7H2,1-2H3,(H,17,19). The summed E-state index contributed by atoms with van der Waals surface area (Å²) in [6, 6.07) is 1.50. The molecule has 8 nitrogen and oxygen atoms in total. The van der Waals surface area contributed by atoms with Gasteiger partial charge in [-0.25, -0.2) is 14.8 Å². The lowest BCUT2D eigenvalue weighted by molar-refractivity contribution is 0.0856. The van der Waals surface area contributed by atoms with Gasteiger partial charge in [-0.2, -0.15) is 0 Å². The van der Waals surface area contributed by atoms with Crippen molar-refractivity contribution in [3.05, 3.63) is 18.1 Å². The third kappa shape index (κ3) is 4.06. The van der Waals surface area contributed by atoms with Crippen LogP contribution in [0.1, 0.15) is 30.3 Å². The van der Waals surface area contributed by atoms with Gasteiger partial charge >= 0.3 is 6.09 Å². The zero-order chi connectivity index (χ0) is 15.9. The van der Waals surface area contributed by atoms with E-state index >= 15 is 0 Å². The highest BCUT2D eigenvalue weighted by Crippen LogP contribution is 2.13. The minimum absolute atomic E-state index is 0.0131. The fourth-order valence-corrected chi connectivity index (χ4v) is 2.26. The van der Waals surface area contributed by atoms with Gasteiger partial charge in [-0.05, 0) is 19.8 Å². The number of nitrogens with zero attached hydrogens (tertiary/aromatic N) is 3. The van der Waals surface area contributed by atoms with Crippen LogP contribution >= 0.6 is 0 Å². The molecule has 8 heteroatoms. The molecule has 0 spiro atoms. The van der Waals surface area contributed by atoms with Crippen LogP contribution < -0.4 is 10.1 Å². The summed E-state index contributed by atoms with van der Waals surface area (Å²) in [5, 5.41) is 2.91. The Morgan fingerprint density at radius 1 is 1.36 bits per heavy atom. The largest absolute Gasteiger partial charge is 0.481 e. The van der Waals surface area contributed by atoms with Crippen LogP contribution in [0.3, 0.4) is 0 Å². The van der Waals surface area contributed by atoms with Gasteiger partial charge < -0.3 is 19.7 Å². The fraction of sp³-hybridized carbons (Fsp3) is 0.571. The topological polar surface area (TPSA) is 93.7 Å². The molecule has 0 aromatic carbocycles. The monoisotopic (exact) mass is 308 g/mol. The van der Waals surface area contributed by atoms with Crippen LogP contribution in [0.5, 0.6) is 5.88 Å². The summed E-state index contributed by atoms with van der Waals surface area (Å²) < 4.78 is 9.93. The van der Waals surface area contributed by atoms with Crippen LogP contribution in [0, 0.1) is 0 Å². The third-order valence-electron chi connectivity index (χ3n) is 3.44. The van der Waals surface area contributed by atoms with E-state index in [-0.39, 0.29) is 23.7 Å². The van der Waals surface area contributed by atoms with Gasteiger partial charge in [0.05, 0.1) is 13.7 Å². The molecule has 1 N–H and O–H groups in total. The lowest BCUT2D eigenvalue weighted by Crippen LogP contribution is -2.46. The number of piperidine rings is 1. The SMILES string of the molecule is CCOC(=O)N1CCC(NC(=O)c2cc(OC)ncn2)CC1. The van der Waals surface area contributed by atoms with Crippen molar-refractivity contribution >= 4 is 12.0 Å². The number of carbonyl (C=O) groups excluding carboxylic acids is 2. The van der Waals surface area contributed by atoms with Crippen molar-refractivity contribution in [2.45, 2.75) is 25.8 Å². The average Bonchev–Trinajstić information content (AvgIpc) is 2.55. The first-order valence-corrected chi connectivity index (χ1v) is 7.22. The molecule has 0 unspecified atom stereocenters. The highest BCUT2D eigenvalue weighted by atomic mass is 16.6. The lowest BCUT2D eigenvalue weighted by atomic mass is 10.1. The number of carbonyl (C=O) groups is 2. The lowest BCUT2D eigenvalue weighted by Gasteiger charge is -2.31. The Hall–Kier alpha value is -2.38. The summed E-state index contributed by atoms with van der Waals surface area (Å²) in [6.07, 6.45) is 2.37. The van der Waals surface area contributed by atoms with Crippen molar-refractivity contribution in [1.29, 1.82) is 0 Å². The minimum Gasteiger partial charge on any atom is -0.481 e. The van der Waals surface area contributed by atoms with E-state index in [0.717, 1.165) is 0 Å². The van der Waals surface area contributed by atoms with Crippen LogP contribution in [0.25, 0.3) is 0 Å². The van der Waals surface area contributed by atoms with Crippen molar-refractivity contribution < 1.29 is 19.1 Å². The molecule has 2 amide bonds. The molecule has 2 rings (SSSR count). The molecular formula is C14H20N4O4. The molecule has 1 aliphatic heterocycles. The molecule has 0 radical (unpaired) electrons. The summed E-state index contributed by atoms with van der Waals surface area (Å²) in [4.78, 5) is 33.2. The quantitative estimate of drug-likeness (QED) is 0.885. The Balaban J connectivity index is 1.85. The molecule has 2 heterocycles. The third-order valence-corrected chi connectivity index (χ3v) is 3.44. The number of hydrogen-bond donors (Lipinski definition) is 1. The van der Waals surface area contributed by atoms with E-state index in [1.807, 2.05) is 0 Å². The van der Waals surface area contributed by atoms with E-state index in [9.17, 15) is 9.59 Å². The van der Waals surface area contributed by atoms with Crippen LogP contribution in [-0.4, -0.2) is 59.7 Å². The summed E-state index contributed by atoms with van der Waals surface area (Å²) in [6.45, 7) is 3.28. The van der Waals surface area contributed by atoms with Crippen molar-refractivity contribution in [3.8, 4) is 5.88 Å². The predicted molar refractivity (Wildman–Crippen MR) is 77.7 cm³/mol. The maximum Gasteiger partial charge on any atom is 0.409 e. The average molecular weight is 308 g/mol. The van der Waals surface area contributed by atoms with E-state index in [1.165, 1.54) is 19.5 Å². The Morgan fingerprint density at radius 2 is 2.09 bits per heavy atom. The van der Waals surface area contributed by atoms with Crippen LogP contribution in [0.15, 0.2) is 12.4 Å². The smallest absolute Gasteiger partial charge is 0.409 e. The molecule has 1 aromatic heterocycles. The van der Waals surface area contributed by atoms with Gasteiger partial charge in [0.1, 0.15) is 12.0 Å². The molecule has 0 atom stereocenters. The van der Waals surface area contributed by atoms with Gasteiger partial charge in [-0.3, -0.25) is 4.79 Å². The number of amides is 2. The molecular weight excluding hydrogens is 288 g/mol. The first-order chi connectivity index (χ1) is 10.6. The molecule has 1 saturated heterocycles. The maximum absolute atomic E-state index is 12.1. The van der Waals surface area contributed by atoms with Gasteiger partial charge in [0.25, 0.3) is 5.91 Å². The van der Waals surface area contributed by atoms with Gasteiger partial charge in [0.2, 0.25) is 5.88 Å². The van der Waals surface area contributed by atoms with Crippen molar-refractivity contribution in [1.82, 2.24) is 20.2 Å². The normalized spacial score (nSPS) is 15.3. The Kier molecular flexibility index (Phi) is 5.51. The molecule has 22 heavy (non-hydrogen) atoms. The van der Waals surface area contributed by atoms with Gasteiger partial charge in [0, 0.05) is 25.2 Å². The Labute approximate surface area is 128 Å².